The van der Waals surface area contributed by atoms with Gasteiger partial charge in [-0.2, -0.15) is 0 Å². The predicted molar refractivity (Wildman–Crippen MR) is 254 cm³/mol. The third-order valence-corrected chi connectivity index (χ3v) is 12.0. The molecule has 0 atom stereocenters. The summed E-state index contributed by atoms with van der Waals surface area (Å²) in [6.07, 6.45) is 0. The summed E-state index contributed by atoms with van der Waals surface area (Å²) in [5, 5.41) is 4.95. The predicted octanol–water partition coefficient (Wildman–Crippen LogP) is 15.5. The van der Waals surface area contributed by atoms with Crippen molar-refractivity contribution in [3.63, 3.8) is 0 Å². The van der Waals surface area contributed by atoms with Gasteiger partial charge in [0.25, 0.3) is 0 Å². The Morgan fingerprint density at radius 3 is 1.23 bits per heavy atom. The van der Waals surface area contributed by atoms with Gasteiger partial charge in [-0.15, -0.1) is 0 Å². The number of imidazole rings is 1. The summed E-state index contributed by atoms with van der Waals surface area (Å²) >= 11 is 0. The van der Waals surface area contributed by atoms with Crippen LogP contribution in [0, 0.1) is 0 Å². The molecule has 11 aromatic rings. The van der Waals surface area contributed by atoms with E-state index in [1.807, 2.05) is 6.07 Å². The molecule has 0 aliphatic rings. The van der Waals surface area contributed by atoms with Crippen LogP contribution in [0.2, 0.25) is 0 Å². The number of fused-ring (bicyclic) bond motifs is 3. The first-order chi connectivity index (χ1) is 29.7. The van der Waals surface area contributed by atoms with Crippen LogP contribution in [0.4, 0.5) is 0 Å². The lowest BCUT2D eigenvalue weighted by Crippen LogP contribution is -1.92. The summed E-state index contributed by atoms with van der Waals surface area (Å²) in [5.74, 6) is 0.973. The van der Waals surface area contributed by atoms with Crippen molar-refractivity contribution in [1.82, 2.24) is 9.55 Å². The second-order valence-electron chi connectivity index (χ2n) is 15.6. The summed E-state index contributed by atoms with van der Waals surface area (Å²) in [4.78, 5) is 5.05. The lowest BCUT2D eigenvalue weighted by molar-refractivity contribution is 0.959. The van der Waals surface area contributed by atoms with Crippen LogP contribution >= 0.6 is 0 Å². The summed E-state index contributed by atoms with van der Waals surface area (Å²) in [7, 11) is 2.09. The summed E-state index contributed by atoms with van der Waals surface area (Å²) in [6.45, 7) is 0. The van der Waals surface area contributed by atoms with Crippen LogP contribution in [-0.2, 0) is 7.05 Å². The molecule has 1 heterocycles. The summed E-state index contributed by atoms with van der Waals surface area (Å²) in [6, 6.07) is 81.4. The number of aryl methyl sites for hydroxylation is 1. The molecule has 11 rings (SSSR count). The standard InChI is InChI=1S/C58H40N2/c1-60-55-34-32-47(38-54(55)59-58(60)43-19-9-4-10-20-43)42-29-27-41(28-30-42)46-31-33-52-53(37-46)57(49-24-14-22-45(36-49)40-17-7-3-8-18-40)51-26-12-11-25-50(51)56(52)48-23-13-21-44(35-48)39-15-5-2-6-16-39/h2-38H,1H3. The van der Waals surface area contributed by atoms with Crippen molar-refractivity contribution in [3.05, 3.63) is 224 Å². The second kappa shape index (κ2) is 14.8. The fourth-order valence-corrected chi connectivity index (χ4v) is 9.03. The SMILES string of the molecule is Cn1c(-c2ccccc2)nc2cc(-c3ccc(-c4ccc5c(-c6cccc(-c7ccccc7)c6)c6ccccc6c(-c6cccc(-c7ccccc7)c6)c5c4)cc3)ccc21. The molecule has 0 aliphatic heterocycles. The maximum Gasteiger partial charge on any atom is 0.140 e. The molecule has 0 spiro atoms. The van der Waals surface area contributed by atoms with Gasteiger partial charge in [-0.1, -0.05) is 194 Å². The minimum atomic E-state index is 0.973. The zero-order valence-corrected chi connectivity index (χ0v) is 33.3. The van der Waals surface area contributed by atoms with Crippen LogP contribution in [-0.4, -0.2) is 9.55 Å². The normalized spacial score (nSPS) is 11.4. The van der Waals surface area contributed by atoms with Gasteiger partial charge < -0.3 is 4.57 Å². The van der Waals surface area contributed by atoms with Crippen LogP contribution in [0.3, 0.4) is 0 Å². The van der Waals surface area contributed by atoms with Gasteiger partial charge in [0.05, 0.1) is 11.0 Å². The highest BCUT2D eigenvalue weighted by Gasteiger charge is 2.19. The molecule has 0 radical (unpaired) electrons. The third-order valence-electron chi connectivity index (χ3n) is 12.0. The number of rotatable bonds is 7. The molecular weight excluding hydrogens is 725 g/mol. The van der Waals surface area contributed by atoms with E-state index in [4.69, 9.17) is 4.98 Å². The van der Waals surface area contributed by atoms with Crippen molar-refractivity contribution in [2.24, 2.45) is 7.05 Å². The Kier molecular flexibility index (Phi) is 8.75. The first kappa shape index (κ1) is 35.4. The lowest BCUT2D eigenvalue weighted by Gasteiger charge is -2.19. The smallest absolute Gasteiger partial charge is 0.140 e. The molecule has 0 N–H and O–H groups in total. The van der Waals surface area contributed by atoms with Crippen LogP contribution in [0.25, 0.3) is 111 Å². The molecule has 0 saturated heterocycles. The van der Waals surface area contributed by atoms with E-state index in [1.165, 1.54) is 82.7 Å². The minimum absolute atomic E-state index is 0.973. The van der Waals surface area contributed by atoms with Crippen molar-refractivity contribution in [3.8, 4) is 78.1 Å². The van der Waals surface area contributed by atoms with Crippen molar-refractivity contribution in [2.45, 2.75) is 0 Å². The van der Waals surface area contributed by atoms with E-state index in [1.54, 1.807) is 0 Å². The monoisotopic (exact) mass is 764 g/mol. The fraction of sp³-hybridized carbons (Fsp3) is 0.0172. The number of aromatic nitrogens is 2. The minimum Gasteiger partial charge on any atom is -0.327 e. The average molecular weight is 765 g/mol. The number of benzene rings is 10. The van der Waals surface area contributed by atoms with Gasteiger partial charge >= 0.3 is 0 Å². The third kappa shape index (κ3) is 6.27. The van der Waals surface area contributed by atoms with Gasteiger partial charge in [0.1, 0.15) is 5.82 Å². The molecule has 0 unspecified atom stereocenters. The Morgan fingerprint density at radius 1 is 0.283 bits per heavy atom. The molecule has 282 valence electrons. The molecular formula is C58H40N2. The molecule has 10 aromatic carbocycles. The zero-order chi connectivity index (χ0) is 40.0. The van der Waals surface area contributed by atoms with Crippen LogP contribution in [0.1, 0.15) is 0 Å². The summed E-state index contributed by atoms with van der Waals surface area (Å²) < 4.78 is 2.18. The quantitative estimate of drug-likeness (QED) is 0.148. The van der Waals surface area contributed by atoms with Gasteiger partial charge in [-0.05, 0) is 119 Å². The average Bonchev–Trinajstić information content (AvgIpc) is 3.66. The van der Waals surface area contributed by atoms with Gasteiger partial charge in [0.15, 0.2) is 0 Å². The topological polar surface area (TPSA) is 17.8 Å². The lowest BCUT2D eigenvalue weighted by atomic mass is 9.84. The Hall–Kier alpha value is -7.81. The van der Waals surface area contributed by atoms with E-state index in [-0.39, 0.29) is 0 Å². The first-order valence-electron chi connectivity index (χ1n) is 20.6. The van der Waals surface area contributed by atoms with Crippen LogP contribution < -0.4 is 0 Å². The van der Waals surface area contributed by atoms with Crippen molar-refractivity contribution < 1.29 is 0 Å². The first-order valence-corrected chi connectivity index (χ1v) is 20.6. The van der Waals surface area contributed by atoms with E-state index < -0.39 is 0 Å². The Bertz CT molecular complexity index is 3340. The molecule has 0 fully saturated rings. The van der Waals surface area contributed by atoms with E-state index in [0.717, 1.165) is 28.0 Å². The van der Waals surface area contributed by atoms with Gasteiger partial charge in [-0.25, -0.2) is 4.98 Å². The highest BCUT2D eigenvalue weighted by atomic mass is 15.1. The van der Waals surface area contributed by atoms with Gasteiger partial charge in [0.2, 0.25) is 0 Å². The van der Waals surface area contributed by atoms with Crippen LogP contribution in [0.5, 0.6) is 0 Å². The maximum absolute atomic E-state index is 5.05. The number of nitrogens with zero attached hydrogens (tertiary/aromatic N) is 2. The molecule has 1 aromatic heterocycles. The Balaban J connectivity index is 1.07. The molecule has 2 nitrogen and oxygen atoms in total. The van der Waals surface area contributed by atoms with E-state index >= 15 is 0 Å². The largest absolute Gasteiger partial charge is 0.327 e. The molecule has 0 bridgehead atoms. The Labute approximate surface area is 350 Å². The van der Waals surface area contributed by atoms with E-state index in [2.05, 4.69) is 230 Å². The fourth-order valence-electron chi connectivity index (χ4n) is 9.03. The van der Waals surface area contributed by atoms with Crippen molar-refractivity contribution in [1.29, 1.82) is 0 Å². The van der Waals surface area contributed by atoms with Gasteiger partial charge in [0, 0.05) is 12.6 Å². The number of hydrogen-bond donors (Lipinski definition) is 0. The highest BCUT2D eigenvalue weighted by molar-refractivity contribution is 6.22. The van der Waals surface area contributed by atoms with Crippen molar-refractivity contribution >= 4 is 32.6 Å². The van der Waals surface area contributed by atoms with Crippen molar-refractivity contribution in [2.75, 3.05) is 0 Å². The molecule has 0 aliphatic carbocycles. The van der Waals surface area contributed by atoms with Gasteiger partial charge in [-0.3, -0.25) is 0 Å². The number of hydrogen-bond acceptors (Lipinski definition) is 1. The Morgan fingerprint density at radius 2 is 0.667 bits per heavy atom. The zero-order valence-electron chi connectivity index (χ0n) is 33.3. The van der Waals surface area contributed by atoms with Crippen LogP contribution in [0.15, 0.2) is 224 Å². The second-order valence-corrected chi connectivity index (χ2v) is 15.6. The van der Waals surface area contributed by atoms with E-state index in [0.29, 0.717) is 0 Å². The summed E-state index contributed by atoms with van der Waals surface area (Å²) in [5.41, 5.74) is 17.7. The van der Waals surface area contributed by atoms with E-state index in [9.17, 15) is 0 Å². The molecule has 60 heavy (non-hydrogen) atoms. The molecule has 2 heteroatoms. The molecule has 0 amide bonds. The molecule has 0 saturated carbocycles. The maximum atomic E-state index is 5.05. The highest BCUT2D eigenvalue weighted by Crippen LogP contribution is 2.46.